The van der Waals surface area contributed by atoms with Crippen LogP contribution in [0.4, 0.5) is 0 Å². The molecule has 0 aromatic carbocycles. The molecule has 0 spiro atoms. The summed E-state index contributed by atoms with van der Waals surface area (Å²) in [4.78, 5) is 13.5. The summed E-state index contributed by atoms with van der Waals surface area (Å²) in [5.74, 6) is 0.974. The Morgan fingerprint density at radius 1 is 1.06 bits per heavy atom. The zero-order chi connectivity index (χ0) is 12.4. The van der Waals surface area contributed by atoms with E-state index in [0.717, 1.165) is 37.8 Å². The van der Waals surface area contributed by atoms with Crippen LogP contribution in [0.2, 0.25) is 0 Å². The Hall–Kier alpha value is -0.570. The maximum absolute atomic E-state index is 10.9. The summed E-state index contributed by atoms with van der Waals surface area (Å²) in [6, 6.07) is 0.712. The van der Waals surface area contributed by atoms with Gasteiger partial charge in [0.05, 0.1) is 5.92 Å². The summed E-state index contributed by atoms with van der Waals surface area (Å²) >= 11 is 0. The number of carboxylic acids is 1. The van der Waals surface area contributed by atoms with Crippen molar-refractivity contribution in [1.29, 1.82) is 0 Å². The van der Waals surface area contributed by atoms with Crippen molar-refractivity contribution in [3.05, 3.63) is 0 Å². The quantitative estimate of drug-likeness (QED) is 0.805. The molecule has 2 atom stereocenters. The van der Waals surface area contributed by atoms with Gasteiger partial charge in [0.2, 0.25) is 0 Å². The molecule has 0 amide bonds. The molecule has 1 aliphatic carbocycles. The Labute approximate surface area is 104 Å². The largest absolute Gasteiger partial charge is 0.481 e. The lowest BCUT2D eigenvalue weighted by molar-refractivity contribution is -0.143. The van der Waals surface area contributed by atoms with Crippen LogP contribution in [-0.2, 0) is 4.79 Å². The molecule has 2 aliphatic rings. The summed E-state index contributed by atoms with van der Waals surface area (Å²) in [6.45, 7) is 6.68. The van der Waals surface area contributed by atoms with Gasteiger partial charge >= 0.3 is 5.97 Å². The minimum atomic E-state index is -0.602. The van der Waals surface area contributed by atoms with Crippen LogP contribution in [0.5, 0.6) is 0 Å². The predicted octanol–water partition coefficient (Wildman–Crippen LogP) is 2.61. The van der Waals surface area contributed by atoms with Crippen molar-refractivity contribution in [3.8, 4) is 0 Å². The number of aliphatic carboxylic acids is 1. The van der Waals surface area contributed by atoms with E-state index in [0.29, 0.717) is 6.04 Å². The van der Waals surface area contributed by atoms with Crippen LogP contribution in [0.15, 0.2) is 0 Å². The van der Waals surface area contributed by atoms with E-state index in [-0.39, 0.29) is 5.92 Å². The van der Waals surface area contributed by atoms with Gasteiger partial charge in [-0.3, -0.25) is 4.79 Å². The summed E-state index contributed by atoms with van der Waals surface area (Å²) in [5, 5.41) is 9.00. The lowest BCUT2D eigenvalue weighted by Gasteiger charge is -2.42. The molecule has 2 unspecified atom stereocenters. The maximum Gasteiger partial charge on any atom is 0.306 e. The van der Waals surface area contributed by atoms with Crippen LogP contribution < -0.4 is 0 Å². The number of carbonyl (C=O) groups is 1. The van der Waals surface area contributed by atoms with Crippen molar-refractivity contribution < 1.29 is 9.90 Å². The number of hydrogen-bond acceptors (Lipinski definition) is 2. The van der Waals surface area contributed by atoms with Crippen LogP contribution in [-0.4, -0.2) is 35.1 Å². The van der Waals surface area contributed by atoms with Gasteiger partial charge in [-0.1, -0.05) is 13.8 Å². The van der Waals surface area contributed by atoms with Gasteiger partial charge in [-0.15, -0.1) is 0 Å². The van der Waals surface area contributed by atoms with Gasteiger partial charge < -0.3 is 10.0 Å². The van der Waals surface area contributed by atoms with Crippen molar-refractivity contribution in [2.24, 2.45) is 17.8 Å². The van der Waals surface area contributed by atoms with E-state index < -0.39 is 5.97 Å². The molecule has 2 fully saturated rings. The number of likely N-dealkylation sites (tertiary alicyclic amines) is 1. The Morgan fingerprint density at radius 2 is 1.59 bits per heavy atom. The zero-order valence-corrected chi connectivity index (χ0v) is 11.1. The lowest BCUT2D eigenvalue weighted by atomic mass is 9.79. The zero-order valence-electron chi connectivity index (χ0n) is 11.1. The number of piperidine rings is 1. The second-order valence-electron chi connectivity index (χ2n) is 6.22. The molecule has 0 aromatic rings. The molecular weight excluding hydrogens is 214 g/mol. The number of hydrogen-bond donors (Lipinski definition) is 1. The fourth-order valence-electron chi connectivity index (χ4n) is 3.71. The second kappa shape index (κ2) is 5.38. The lowest BCUT2D eigenvalue weighted by Crippen LogP contribution is -2.45. The van der Waals surface area contributed by atoms with Crippen LogP contribution >= 0.6 is 0 Å². The highest BCUT2D eigenvalue weighted by Gasteiger charge is 2.32. The molecule has 98 valence electrons. The first-order valence-electron chi connectivity index (χ1n) is 7.03. The highest BCUT2D eigenvalue weighted by Crippen LogP contribution is 2.33. The smallest absolute Gasteiger partial charge is 0.306 e. The van der Waals surface area contributed by atoms with Crippen molar-refractivity contribution in [2.45, 2.75) is 52.0 Å². The molecule has 1 heterocycles. The Bertz CT molecular complexity index is 261. The van der Waals surface area contributed by atoms with Gasteiger partial charge in [0.15, 0.2) is 0 Å². The van der Waals surface area contributed by atoms with E-state index in [1.54, 1.807) is 0 Å². The SMILES string of the molecule is CC1CC(C)CC(N2CCC(C(=O)O)CC2)C1. The van der Waals surface area contributed by atoms with Crippen molar-refractivity contribution in [2.75, 3.05) is 13.1 Å². The van der Waals surface area contributed by atoms with Crippen LogP contribution in [0.25, 0.3) is 0 Å². The molecule has 3 heteroatoms. The molecule has 17 heavy (non-hydrogen) atoms. The number of rotatable bonds is 2. The normalized spacial score (nSPS) is 36.9. The molecule has 1 saturated carbocycles. The van der Waals surface area contributed by atoms with Crippen LogP contribution in [0.3, 0.4) is 0 Å². The molecule has 2 rings (SSSR count). The fraction of sp³-hybridized carbons (Fsp3) is 0.929. The summed E-state index contributed by atoms with van der Waals surface area (Å²) in [7, 11) is 0. The molecule has 1 saturated heterocycles. The van der Waals surface area contributed by atoms with E-state index in [1.165, 1.54) is 19.3 Å². The van der Waals surface area contributed by atoms with Gasteiger partial charge in [-0.25, -0.2) is 0 Å². The average Bonchev–Trinajstić information content (AvgIpc) is 2.28. The summed E-state index contributed by atoms with van der Waals surface area (Å²) in [6.07, 6.45) is 5.66. The highest BCUT2D eigenvalue weighted by molar-refractivity contribution is 5.70. The van der Waals surface area contributed by atoms with Gasteiger partial charge in [0.25, 0.3) is 0 Å². The van der Waals surface area contributed by atoms with E-state index in [1.807, 2.05) is 0 Å². The Morgan fingerprint density at radius 3 is 2.06 bits per heavy atom. The fourth-order valence-corrected chi connectivity index (χ4v) is 3.71. The topological polar surface area (TPSA) is 40.5 Å². The van der Waals surface area contributed by atoms with Crippen LogP contribution in [0, 0.1) is 17.8 Å². The summed E-state index contributed by atoms with van der Waals surface area (Å²) < 4.78 is 0. The van der Waals surface area contributed by atoms with E-state index in [4.69, 9.17) is 5.11 Å². The first kappa shape index (κ1) is 12.9. The van der Waals surface area contributed by atoms with E-state index >= 15 is 0 Å². The Kier molecular flexibility index (Phi) is 4.08. The summed E-state index contributed by atoms with van der Waals surface area (Å²) in [5.41, 5.74) is 0. The standard InChI is InChI=1S/C14H25NO2/c1-10-7-11(2)9-13(8-10)15-5-3-12(4-6-15)14(16)17/h10-13H,3-9H2,1-2H3,(H,16,17). The van der Waals surface area contributed by atoms with Gasteiger partial charge in [0.1, 0.15) is 0 Å². The van der Waals surface area contributed by atoms with Crippen molar-refractivity contribution in [3.63, 3.8) is 0 Å². The number of nitrogens with zero attached hydrogens (tertiary/aromatic N) is 1. The van der Waals surface area contributed by atoms with Gasteiger partial charge in [-0.2, -0.15) is 0 Å². The Balaban J connectivity index is 1.85. The van der Waals surface area contributed by atoms with E-state index in [2.05, 4.69) is 18.7 Å². The monoisotopic (exact) mass is 239 g/mol. The third-order valence-corrected chi connectivity index (χ3v) is 4.55. The molecule has 1 N–H and O–H groups in total. The third-order valence-electron chi connectivity index (χ3n) is 4.55. The minimum absolute atomic E-state index is 0.0929. The van der Waals surface area contributed by atoms with E-state index in [9.17, 15) is 4.79 Å². The molecular formula is C14H25NO2. The second-order valence-corrected chi connectivity index (χ2v) is 6.22. The van der Waals surface area contributed by atoms with Crippen molar-refractivity contribution in [1.82, 2.24) is 4.90 Å². The van der Waals surface area contributed by atoms with Crippen molar-refractivity contribution >= 4 is 5.97 Å². The molecule has 0 radical (unpaired) electrons. The average molecular weight is 239 g/mol. The minimum Gasteiger partial charge on any atom is -0.481 e. The van der Waals surface area contributed by atoms with Gasteiger partial charge in [0, 0.05) is 6.04 Å². The third kappa shape index (κ3) is 3.21. The molecule has 3 nitrogen and oxygen atoms in total. The predicted molar refractivity (Wildman–Crippen MR) is 67.9 cm³/mol. The maximum atomic E-state index is 10.9. The molecule has 1 aliphatic heterocycles. The molecule has 0 bridgehead atoms. The first-order valence-corrected chi connectivity index (χ1v) is 7.03. The molecule has 0 aromatic heterocycles. The van der Waals surface area contributed by atoms with Crippen LogP contribution in [0.1, 0.15) is 46.0 Å². The first-order chi connectivity index (χ1) is 8.06. The highest BCUT2D eigenvalue weighted by atomic mass is 16.4. The van der Waals surface area contributed by atoms with Gasteiger partial charge in [-0.05, 0) is 57.0 Å². The number of carboxylic acid groups (broad SMARTS) is 1.